The zero-order valence-electron chi connectivity index (χ0n) is 7.52. The van der Waals surface area contributed by atoms with Gasteiger partial charge in [0.25, 0.3) is 0 Å². The standard InChI is InChI=1S/C9H10O5/c1-14-8-4-6(10)5(2-7(8)11)3-9(12)13/h2,4,10-11H,3H2,1H3,(H,12,13). The fraction of sp³-hybridized carbons (Fsp3) is 0.222. The molecule has 0 aliphatic carbocycles. The molecule has 0 unspecified atom stereocenters. The van der Waals surface area contributed by atoms with E-state index in [-0.39, 0.29) is 29.2 Å². The van der Waals surface area contributed by atoms with Crippen LogP contribution in [0.1, 0.15) is 5.56 Å². The van der Waals surface area contributed by atoms with Gasteiger partial charge in [0.05, 0.1) is 13.5 Å². The van der Waals surface area contributed by atoms with Crippen molar-refractivity contribution >= 4 is 5.97 Å². The molecule has 0 saturated carbocycles. The number of carboxylic acids is 1. The Bertz CT molecular complexity index is 358. The summed E-state index contributed by atoms with van der Waals surface area (Å²) >= 11 is 0. The van der Waals surface area contributed by atoms with Crippen molar-refractivity contribution in [2.75, 3.05) is 7.11 Å². The fourth-order valence-corrected chi connectivity index (χ4v) is 1.07. The molecule has 0 aliphatic rings. The number of carboxylic acid groups (broad SMARTS) is 1. The van der Waals surface area contributed by atoms with Crippen LogP contribution < -0.4 is 4.74 Å². The molecule has 0 saturated heterocycles. The molecule has 76 valence electrons. The first-order valence-electron chi connectivity index (χ1n) is 3.85. The first-order valence-corrected chi connectivity index (χ1v) is 3.85. The van der Waals surface area contributed by atoms with Gasteiger partial charge in [-0.1, -0.05) is 0 Å². The highest BCUT2D eigenvalue weighted by atomic mass is 16.5. The quantitative estimate of drug-likeness (QED) is 0.623. The third-order valence-electron chi connectivity index (χ3n) is 1.72. The second-order valence-corrected chi connectivity index (χ2v) is 2.72. The summed E-state index contributed by atoms with van der Waals surface area (Å²) in [5, 5.41) is 27.1. The molecule has 1 aromatic carbocycles. The average Bonchev–Trinajstić information content (AvgIpc) is 2.10. The summed E-state index contributed by atoms with van der Waals surface area (Å²) in [5.41, 5.74) is 0.149. The van der Waals surface area contributed by atoms with Crippen LogP contribution in [0.15, 0.2) is 12.1 Å². The number of methoxy groups -OCH3 is 1. The molecule has 0 aliphatic heterocycles. The van der Waals surface area contributed by atoms with Gasteiger partial charge in [0.2, 0.25) is 0 Å². The monoisotopic (exact) mass is 198 g/mol. The summed E-state index contributed by atoms with van der Waals surface area (Å²) in [6.07, 6.45) is -0.344. The number of aromatic hydroxyl groups is 2. The Morgan fingerprint density at radius 2 is 2.00 bits per heavy atom. The van der Waals surface area contributed by atoms with Crippen LogP contribution in [0, 0.1) is 0 Å². The molecular formula is C9H10O5. The molecule has 1 aromatic rings. The number of hydrogen-bond acceptors (Lipinski definition) is 4. The molecule has 0 aromatic heterocycles. The Balaban J connectivity index is 3.08. The van der Waals surface area contributed by atoms with Crippen molar-refractivity contribution in [1.82, 2.24) is 0 Å². The highest BCUT2D eigenvalue weighted by Crippen LogP contribution is 2.33. The Morgan fingerprint density at radius 3 is 2.50 bits per heavy atom. The van der Waals surface area contributed by atoms with Crippen LogP contribution in [0.4, 0.5) is 0 Å². The van der Waals surface area contributed by atoms with Gasteiger partial charge in [0.15, 0.2) is 11.5 Å². The van der Waals surface area contributed by atoms with Crippen LogP contribution in [0.2, 0.25) is 0 Å². The number of benzene rings is 1. The van der Waals surface area contributed by atoms with Crippen molar-refractivity contribution in [2.45, 2.75) is 6.42 Å². The molecule has 1 rings (SSSR count). The van der Waals surface area contributed by atoms with E-state index in [2.05, 4.69) is 0 Å². The molecule has 0 radical (unpaired) electrons. The van der Waals surface area contributed by atoms with E-state index in [1.165, 1.54) is 19.2 Å². The highest BCUT2D eigenvalue weighted by molar-refractivity contribution is 5.72. The van der Waals surface area contributed by atoms with E-state index in [0.29, 0.717) is 0 Å². The Kier molecular flexibility index (Phi) is 2.81. The molecule has 0 heterocycles. The van der Waals surface area contributed by atoms with Crippen LogP contribution in [-0.4, -0.2) is 28.4 Å². The van der Waals surface area contributed by atoms with Crippen LogP contribution in [-0.2, 0) is 11.2 Å². The maximum Gasteiger partial charge on any atom is 0.307 e. The number of ether oxygens (including phenoxy) is 1. The predicted octanol–water partition coefficient (Wildman–Crippen LogP) is 0.733. The van der Waals surface area contributed by atoms with Crippen LogP contribution in [0.25, 0.3) is 0 Å². The van der Waals surface area contributed by atoms with Crippen molar-refractivity contribution < 1.29 is 24.9 Å². The average molecular weight is 198 g/mol. The molecule has 0 bridgehead atoms. The fourth-order valence-electron chi connectivity index (χ4n) is 1.07. The molecule has 0 atom stereocenters. The lowest BCUT2D eigenvalue weighted by molar-refractivity contribution is -0.136. The van der Waals surface area contributed by atoms with Gasteiger partial charge in [-0.15, -0.1) is 0 Å². The summed E-state index contributed by atoms with van der Waals surface area (Å²) < 4.78 is 4.73. The summed E-state index contributed by atoms with van der Waals surface area (Å²) in [4.78, 5) is 10.4. The third-order valence-corrected chi connectivity index (χ3v) is 1.72. The van der Waals surface area contributed by atoms with Crippen molar-refractivity contribution in [3.8, 4) is 17.2 Å². The van der Waals surface area contributed by atoms with Crippen LogP contribution >= 0.6 is 0 Å². The van der Waals surface area contributed by atoms with Crippen molar-refractivity contribution in [3.63, 3.8) is 0 Å². The summed E-state index contributed by atoms with van der Waals surface area (Å²) in [7, 11) is 1.34. The minimum absolute atomic E-state index is 0.108. The van der Waals surface area contributed by atoms with Gasteiger partial charge in [-0.3, -0.25) is 4.79 Å². The van der Waals surface area contributed by atoms with Gasteiger partial charge >= 0.3 is 5.97 Å². The van der Waals surface area contributed by atoms with Crippen LogP contribution in [0.3, 0.4) is 0 Å². The van der Waals surface area contributed by atoms with Crippen molar-refractivity contribution in [3.05, 3.63) is 17.7 Å². The van der Waals surface area contributed by atoms with Gasteiger partial charge in [-0.05, 0) is 6.07 Å². The predicted molar refractivity (Wildman–Crippen MR) is 47.7 cm³/mol. The lowest BCUT2D eigenvalue weighted by Crippen LogP contribution is -2.00. The lowest BCUT2D eigenvalue weighted by Gasteiger charge is -2.07. The van der Waals surface area contributed by atoms with Gasteiger partial charge in [-0.25, -0.2) is 0 Å². The number of phenolic OH excluding ortho intramolecular Hbond substituents is 2. The number of hydrogen-bond donors (Lipinski definition) is 3. The zero-order valence-corrected chi connectivity index (χ0v) is 7.52. The summed E-state index contributed by atoms with van der Waals surface area (Å²) in [6.45, 7) is 0. The SMILES string of the molecule is COc1cc(O)c(CC(=O)O)cc1O. The van der Waals surface area contributed by atoms with E-state index < -0.39 is 5.97 Å². The summed E-state index contributed by atoms with van der Waals surface area (Å²) in [6, 6.07) is 2.34. The molecule has 0 fully saturated rings. The van der Waals surface area contributed by atoms with E-state index >= 15 is 0 Å². The topological polar surface area (TPSA) is 87.0 Å². The Labute approximate surface area is 80.2 Å². The molecule has 3 N–H and O–H groups in total. The number of phenols is 2. The minimum atomic E-state index is -1.08. The molecule has 5 heteroatoms. The number of rotatable bonds is 3. The number of aliphatic carboxylic acids is 1. The normalized spacial score (nSPS) is 9.79. The van der Waals surface area contributed by atoms with Gasteiger partial charge in [0, 0.05) is 11.6 Å². The molecular weight excluding hydrogens is 188 g/mol. The first kappa shape index (κ1) is 10.2. The second-order valence-electron chi connectivity index (χ2n) is 2.72. The minimum Gasteiger partial charge on any atom is -0.508 e. The smallest absolute Gasteiger partial charge is 0.307 e. The highest BCUT2D eigenvalue weighted by Gasteiger charge is 2.11. The van der Waals surface area contributed by atoms with Crippen molar-refractivity contribution in [2.24, 2.45) is 0 Å². The van der Waals surface area contributed by atoms with Crippen molar-refractivity contribution in [1.29, 1.82) is 0 Å². The Morgan fingerprint density at radius 1 is 1.36 bits per heavy atom. The summed E-state index contributed by atoms with van der Waals surface area (Å²) in [5.74, 6) is -1.37. The van der Waals surface area contributed by atoms with E-state index in [1.807, 2.05) is 0 Å². The molecule has 0 amide bonds. The van der Waals surface area contributed by atoms with E-state index in [9.17, 15) is 15.0 Å². The van der Waals surface area contributed by atoms with E-state index in [1.54, 1.807) is 0 Å². The van der Waals surface area contributed by atoms with Gasteiger partial charge < -0.3 is 20.1 Å². The first-order chi connectivity index (χ1) is 6.54. The van der Waals surface area contributed by atoms with Crippen LogP contribution in [0.5, 0.6) is 17.2 Å². The van der Waals surface area contributed by atoms with Gasteiger partial charge in [0.1, 0.15) is 5.75 Å². The number of carbonyl (C=O) groups is 1. The largest absolute Gasteiger partial charge is 0.508 e. The molecule has 5 nitrogen and oxygen atoms in total. The lowest BCUT2D eigenvalue weighted by atomic mass is 10.1. The molecule has 14 heavy (non-hydrogen) atoms. The maximum atomic E-state index is 10.4. The second kappa shape index (κ2) is 3.87. The zero-order chi connectivity index (χ0) is 10.7. The van der Waals surface area contributed by atoms with E-state index in [4.69, 9.17) is 9.84 Å². The van der Waals surface area contributed by atoms with Gasteiger partial charge in [-0.2, -0.15) is 0 Å². The molecule has 0 spiro atoms. The Hall–Kier alpha value is -1.91. The third kappa shape index (κ3) is 2.07. The maximum absolute atomic E-state index is 10.4. The van der Waals surface area contributed by atoms with E-state index in [0.717, 1.165) is 0 Å².